The first kappa shape index (κ1) is 14.5. The molecule has 1 rings (SSSR count). The van der Waals surface area contributed by atoms with Gasteiger partial charge >= 0.3 is 5.97 Å². The average Bonchev–Trinajstić information content (AvgIpc) is 2.34. The van der Waals surface area contributed by atoms with Crippen LogP contribution in [-0.4, -0.2) is 13.1 Å². The van der Waals surface area contributed by atoms with Crippen molar-refractivity contribution in [3.63, 3.8) is 0 Å². The lowest BCUT2D eigenvalue weighted by atomic mass is 9.90. The summed E-state index contributed by atoms with van der Waals surface area (Å²) in [5.41, 5.74) is 1.26. The normalized spacial score (nSPS) is 13.6. The molecule has 0 N–H and O–H groups in total. The second kappa shape index (κ2) is 6.39. The van der Waals surface area contributed by atoms with Crippen molar-refractivity contribution in [1.29, 1.82) is 0 Å². The molecule has 0 aromatic heterocycles. The molecule has 1 atom stereocenters. The zero-order valence-electron chi connectivity index (χ0n) is 11.6. The molecule has 0 aliphatic heterocycles. The number of carbonyl (C=O) groups is 1. The summed E-state index contributed by atoms with van der Waals surface area (Å²) in [4.78, 5) is 11.5. The van der Waals surface area contributed by atoms with E-state index in [0.717, 1.165) is 5.56 Å². The van der Waals surface area contributed by atoms with Gasteiger partial charge in [0.15, 0.2) is 0 Å². The molecular formula is C16H22O2. The molecule has 0 fully saturated rings. The zero-order chi connectivity index (χ0) is 13.6. The summed E-state index contributed by atoms with van der Waals surface area (Å²) in [6.07, 6.45) is 4.63. The minimum atomic E-state index is -0.178. The van der Waals surface area contributed by atoms with Gasteiger partial charge in [0.25, 0.3) is 0 Å². The number of methoxy groups -OCH3 is 1. The summed E-state index contributed by atoms with van der Waals surface area (Å²) in [6.45, 7) is 6.43. The van der Waals surface area contributed by atoms with Crippen molar-refractivity contribution in [3.05, 3.63) is 48.0 Å². The molecule has 98 valence electrons. The second-order valence-electron chi connectivity index (χ2n) is 5.52. The molecule has 1 unspecified atom stereocenters. The Bertz CT molecular complexity index is 399. The maximum absolute atomic E-state index is 11.5. The maximum atomic E-state index is 11.5. The minimum Gasteiger partial charge on any atom is -0.469 e. The Balaban J connectivity index is 2.89. The molecule has 0 aliphatic carbocycles. The molecule has 1 aromatic carbocycles. The van der Waals surface area contributed by atoms with Gasteiger partial charge in [-0.1, -0.05) is 63.3 Å². The molecule has 0 amide bonds. The van der Waals surface area contributed by atoms with Crippen LogP contribution in [0.5, 0.6) is 0 Å². The van der Waals surface area contributed by atoms with Crippen LogP contribution in [0.4, 0.5) is 0 Å². The molecule has 0 bridgehead atoms. The number of rotatable bonds is 4. The van der Waals surface area contributed by atoms with E-state index < -0.39 is 0 Å². The standard InChI is InChI=1S/C16H22O2/c1-16(2,3)11-10-14(12-15(17)18-4)13-8-6-5-7-9-13/h5-11,14H,12H2,1-4H3/b11-10+. The van der Waals surface area contributed by atoms with Gasteiger partial charge in [-0.2, -0.15) is 0 Å². The van der Waals surface area contributed by atoms with E-state index in [0.29, 0.717) is 6.42 Å². The van der Waals surface area contributed by atoms with Crippen molar-refractivity contribution in [2.45, 2.75) is 33.1 Å². The summed E-state index contributed by atoms with van der Waals surface area (Å²) in [5.74, 6) is -0.0970. The first-order chi connectivity index (χ1) is 8.42. The molecule has 0 aliphatic rings. The van der Waals surface area contributed by atoms with Gasteiger partial charge in [-0.05, 0) is 11.0 Å². The third kappa shape index (κ3) is 5.17. The van der Waals surface area contributed by atoms with Crippen LogP contribution in [-0.2, 0) is 9.53 Å². The van der Waals surface area contributed by atoms with Gasteiger partial charge in [0.2, 0.25) is 0 Å². The van der Waals surface area contributed by atoms with E-state index in [-0.39, 0.29) is 17.3 Å². The van der Waals surface area contributed by atoms with Gasteiger partial charge in [0.05, 0.1) is 13.5 Å². The molecule has 1 aromatic rings. The van der Waals surface area contributed by atoms with E-state index in [1.54, 1.807) is 0 Å². The molecule has 0 saturated heterocycles. The lowest BCUT2D eigenvalue weighted by Crippen LogP contribution is -2.08. The number of hydrogen-bond donors (Lipinski definition) is 0. The van der Waals surface area contributed by atoms with Gasteiger partial charge in [0, 0.05) is 5.92 Å². The largest absolute Gasteiger partial charge is 0.469 e. The van der Waals surface area contributed by atoms with Crippen molar-refractivity contribution in [1.82, 2.24) is 0 Å². The molecule has 2 nitrogen and oxygen atoms in total. The molecule has 0 spiro atoms. The fraction of sp³-hybridized carbons (Fsp3) is 0.438. The van der Waals surface area contributed by atoms with Crippen molar-refractivity contribution in [3.8, 4) is 0 Å². The number of ether oxygens (including phenoxy) is 1. The highest BCUT2D eigenvalue weighted by Gasteiger charge is 2.15. The lowest BCUT2D eigenvalue weighted by molar-refractivity contribution is -0.140. The summed E-state index contributed by atoms with van der Waals surface area (Å²) in [6, 6.07) is 10.0. The van der Waals surface area contributed by atoms with Crippen molar-refractivity contribution in [2.75, 3.05) is 7.11 Å². The minimum absolute atomic E-state index is 0.0814. The Morgan fingerprint density at radius 2 is 1.89 bits per heavy atom. The Morgan fingerprint density at radius 1 is 1.28 bits per heavy atom. The Kier molecular flexibility index (Phi) is 5.14. The maximum Gasteiger partial charge on any atom is 0.306 e. The monoisotopic (exact) mass is 246 g/mol. The Morgan fingerprint density at radius 3 is 2.39 bits per heavy atom. The van der Waals surface area contributed by atoms with E-state index in [1.807, 2.05) is 30.3 Å². The fourth-order valence-electron chi connectivity index (χ4n) is 1.66. The van der Waals surface area contributed by atoms with Gasteiger partial charge in [-0.15, -0.1) is 0 Å². The highest BCUT2D eigenvalue weighted by atomic mass is 16.5. The molecule has 18 heavy (non-hydrogen) atoms. The van der Waals surface area contributed by atoms with E-state index in [2.05, 4.69) is 32.9 Å². The zero-order valence-corrected chi connectivity index (χ0v) is 11.6. The van der Waals surface area contributed by atoms with E-state index in [1.165, 1.54) is 7.11 Å². The lowest BCUT2D eigenvalue weighted by Gasteiger charge is -2.16. The fourth-order valence-corrected chi connectivity index (χ4v) is 1.66. The van der Waals surface area contributed by atoms with Crippen LogP contribution in [0.1, 0.15) is 38.7 Å². The Hall–Kier alpha value is -1.57. The van der Waals surface area contributed by atoms with Crippen LogP contribution in [0.25, 0.3) is 0 Å². The average molecular weight is 246 g/mol. The highest BCUT2D eigenvalue weighted by Crippen LogP contribution is 2.25. The van der Waals surface area contributed by atoms with Gasteiger partial charge in [-0.25, -0.2) is 0 Å². The van der Waals surface area contributed by atoms with Crippen LogP contribution in [0.2, 0.25) is 0 Å². The number of hydrogen-bond acceptors (Lipinski definition) is 2. The molecule has 0 saturated carbocycles. The van der Waals surface area contributed by atoms with Gasteiger partial charge in [-0.3, -0.25) is 4.79 Å². The molecule has 0 radical (unpaired) electrons. The first-order valence-corrected chi connectivity index (χ1v) is 6.23. The SMILES string of the molecule is COC(=O)CC(/C=C/C(C)(C)C)c1ccccc1. The summed E-state index contributed by atoms with van der Waals surface area (Å²) >= 11 is 0. The summed E-state index contributed by atoms with van der Waals surface area (Å²) in [7, 11) is 1.43. The number of benzene rings is 1. The predicted octanol–water partition coefficient (Wildman–Crippen LogP) is 3.94. The number of allylic oxidation sites excluding steroid dienone is 2. The van der Waals surface area contributed by atoms with Gasteiger partial charge < -0.3 is 4.74 Å². The van der Waals surface area contributed by atoms with Crippen molar-refractivity contribution >= 4 is 5.97 Å². The van der Waals surface area contributed by atoms with Crippen LogP contribution in [0.3, 0.4) is 0 Å². The molecule has 0 heterocycles. The third-order valence-corrected chi connectivity index (χ3v) is 2.67. The van der Waals surface area contributed by atoms with Gasteiger partial charge in [0.1, 0.15) is 0 Å². The second-order valence-corrected chi connectivity index (χ2v) is 5.52. The van der Waals surface area contributed by atoms with E-state index in [9.17, 15) is 4.79 Å². The van der Waals surface area contributed by atoms with Crippen molar-refractivity contribution in [2.24, 2.45) is 5.41 Å². The highest BCUT2D eigenvalue weighted by molar-refractivity contribution is 5.70. The van der Waals surface area contributed by atoms with Crippen molar-refractivity contribution < 1.29 is 9.53 Å². The molecule has 2 heteroatoms. The first-order valence-electron chi connectivity index (χ1n) is 6.23. The smallest absolute Gasteiger partial charge is 0.306 e. The third-order valence-electron chi connectivity index (χ3n) is 2.67. The number of carbonyl (C=O) groups excluding carboxylic acids is 1. The van der Waals surface area contributed by atoms with Crippen LogP contribution in [0.15, 0.2) is 42.5 Å². The summed E-state index contributed by atoms with van der Waals surface area (Å²) < 4.78 is 4.76. The number of esters is 1. The predicted molar refractivity (Wildman–Crippen MR) is 74.4 cm³/mol. The van der Waals surface area contributed by atoms with Crippen LogP contribution < -0.4 is 0 Å². The van der Waals surface area contributed by atoms with E-state index in [4.69, 9.17) is 4.74 Å². The van der Waals surface area contributed by atoms with E-state index >= 15 is 0 Å². The van der Waals surface area contributed by atoms with Crippen LogP contribution in [0, 0.1) is 5.41 Å². The summed E-state index contributed by atoms with van der Waals surface area (Å²) in [5, 5.41) is 0. The Labute approximate surface area is 110 Å². The quantitative estimate of drug-likeness (QED) is 0.594. The molecular weight excluding hydrogens is 224 g/mol. The van der Waals surface area contributed by atoms with Crippen LogP contribution >= 0.6 is 0 Å². The topological polar surface area (TPSA) is 26.3 Å².